The largest absolute Gasteiger partial charge is 0.339 e. The van der Waals surface area contributed by atoms with Crippen molar-refractivity contribution in [2.75, 3.05) is 11.6 Å². The zero-order valence-corrected chi connectivity index (χ0v) is 21.4. The maximum absolute atomic E-state index is 15.6. The molecule has 1 amide bonds. The molecule has 4 bridgehead atoms. The summed E-state index contributed by atoms with van der Waals surface area (Å²) < 4.78 is 46.8. The van der Waals surface area contributed by atoms with Crippen molar-refractivity contribution in [3.63, 3.8) is 0 Å². The van der Waals surface area contributed by atoms with E-state index in [-0.39, 0.29) is 32.7 Å². The van der Waals surface area contributed by atoms with Crippen LogP contribution in [0.15, 0.2) is 21.6 Å². The number of rotatable bonds is 7. The van der Waals surface area contributed by atoms with Gasteiger partial charge in [0.15, 0.2) is 21.5 Å². The van der Waals surface area contributed by atoms with E-state index < -0.39 is 15.7 Å². The first-order valence-electron chi connectivity index (χ1n) is 13.3. The van der Waals surface area contributed by atoms with Gasteiger partial charge < -0.3 is 9.84 Å². The minimum absolute atomic E-state index is 0.0273. The van der Waals surface area contributed by atoms with E-state index in [2.05, 4.69) is 10.5 Å². The summed E-state index contributed by atoms with van der Waals surface area (Å²) in [5.74, 6) is 1.68. The molecule has 0 atom stereocenters. The second-order valence-corrected chi connectivity index (χ2v) is 14.5. The van der Waals surface area contributed by atoms with E-state index in [0.717, 1.165) is 88.6 Å². The Labute approximate surface area is 210 Å². The van der Waals surface area contributed by atoms with Crippen molar-refractivity contribution in [1.29, 1.82) is 0 Å². The Hall–Kier alpha value is -2.29. The second-order valence-electron chi connectivity index (χ2n) is 12.6. The molecule has 7 fully saturated rings. The van der Waals surface area contributed by atoms with Crippen LogP contribution < -0.4 is 5.32 Å². The Morgan fingerprint density at radius 3 is 2.33 bits per heavy atom. The van der Waals surface area contributed by atoms with Gasteiger partial charge >= 0.3 is 0 Å². The average Bonchev–Trinajstić information content (AvgIpc) is 3.50. The molecule has 1 aromatic carbocycles. The van der Waals surface area contributed by atoms with Gasteiger partial charge in [0.05, 0.1) is 11.1 Å². The highest BCUT2D eigenvalue weighted by Crippen LogP contribution is 2.65. The van der Waals surface area contributed by atoms with Gasteiger partial charge in [0, 0.05) is 17.6 Å². The Bertz CT molecular complexity index is 1340. The van der Waals surface area contributed by atoms with Crippen LogP contribution in [0.4, 0.5) is 10.1 Å². The van der Waals surface area contributed by atoms with Gasteiger partial charge in [-0.1, -0.05) is 11.2 Å². The summed E-state index contributed by atoms with van der Waals surface area (Å²) in [4.78, 5) is 17.2. The van der Waals surface area contributed by atoms with Crippen LogP contribution in [0.1, 0.15) is 93.8 Å². The highest BCUT2D eigenvalue weighted by molar-refractivity contribution is 7.90. The lowest BCUT2D eigenvalue weighted by Gasteiger charge is -2.60. The Morgan fingerprint density at radius 2 is 1.78 bits per heavy atom. The standard InChI is InChI=1S/C27H32FN3O4S/c1-36(33,34)21-18(4-5-19(20(21)28)29-23(32)27-12-16(13-27)14-27)15-25-6-9-26(10-7-25,11-8-25)24-30-22(31-35-24)17-2-3-17/h4-5,16-17H,2-3,6-15H2,1H3,(H,29,32). The number of carbonyl (C=O) groups is 1. The maximum Gasteiger partial charge on any atom is 0.232 e. The van der Waals surface area contributed by atoms with Crippen LogP contribution in [0.5, 0.6) is 0 Å². The third-order valence-electron chi connectivity index (χ3n) is 10.1. The first-order chi connectivity index (χ1) is 17.1. The summed E-state index contributed by atoms with van der Waals surface area (Å²) in [7, 11) is -3.83. The van der Waals surface area contributed by atoms with Crippen molar-refractivity contribution >= 4 is 21.4 Å². The molecule has 0 saturated heterocycles. The van der Waals surface area contributed by atoms with Crippen LogP contribution in [-0.2, 0) is 26.5 Å². The van der Waals surface area contributed by atoms with Crippen LogP contribution in [0.25, 0.3) is 0 Å². The van der Waals surface area contributed by atoms with Crippen LogP contribution in [0.2, 0.25) is 0 Å². The lowest BCUT2D eigenvalue weighted by Crippen LogP contribution is -2.58. The Balaban J connectivity index is 1.12. The molecule has 1 N–H and O–H groups in total. The molecule has 7 aliphatic carbocycles. The van der Waals surface area contributed by atoms with Gasteiger partial charge in [-0.15, -0.1) is 0 Å². The van der Waals surface area contributed by atoms with Crippen molar-refractivity contribution in [1.82, 2.24) is 10.1 Å². The summed E-state index contributed by atoms with van der Waals surface area (Å²) in [6.07, 6.45) is 11.9. The van der Waals surface area contributed by atoms with E-state index in [1.165, 1.54) is 0 Å². The zero-order chi connectivity index (χ0) is 24.9. The summed E-state index contributed by atoms with van der Waals surface area (Å²) in [6.45, 7) is 0. The van der Waals surface area contributed by atoms with Crippen molar-refractivity contribution in [3.05, 3.63) is 35.2 Å². The summed E-state index contributed by atoms with van der Waals surface area (Å²) in [5, 5.41) is 6.93. The molecule has 0 spiro atoms. The number of hydrogen-bond acceptors (Lipinski definition) is 6. The normalized spacial score (nSPS) is 34.7. The molecule has 9 heteroatoms. The topological polar surface area (TPSA) is 102 Å². The molecule has 7 aliphatic rings. The number of nitrogens with one attached hydrogen (secondary N) is 1. The molecule has 1 heterocycles. The molecule has 36 heavy (non-hydrogen) atoms. The smallest absolute Gasteiger partial charge is 0.232 e. The molecule has 0 aliphatic heterocycles. The number of sulfone groups is 1. The molecule has 1 aromatic heterocycles. The van der Waals surface area contributed by atoms with Gasteiger partial charge in [-0.3, -0.25) is 4.79 Å². The fraction of sp³-hybridized carbons (Fsp3) is 0.667. The molecular weight excluding hydrogens is 481 g/mol. The maximum atomic E-state index is 15.6. The number of anilines is 1. The number of benzene rings is 1. The lowest BCUT2D eigenvalue weighted by atomic mass is 9.44. The predicted molar refractivity (Wildman–Crippen MR) is 130 cm³/mol. The number of aromatic nitrogens is 2. The van der Waals surface area contributed by atoms with E-state index in [9.17, 15) is 13.2 Å². The van der Waals surface area contributed by atoms with Crippen molar-refractivity contribution < 1.29 is 22.1 Å². The van der Waals surface area contributed by atoms with Crippen LogP contribution in [0.3, 0.4) is 0 Å². The monoisotopic (exact) mass is 513 g/mol. The van der Waals surface area contributed by atoms with Crippen molar-refractivity contribution in [2.24, 2.45) is 16.7 Å². The first-order valence-corrected chi connectivity index (χ1v) is 15.2. The molecule has 2 aromatic rings. The number of amides is 1. The van der Waals surface area contributed by atoms with E-state index in [1.54, 1.807) is 12.1 Å². The van der Waals surface area contributed by atoms with E-state index >= 15 is 4.39 Å². The SMILES string of the molecule is CS(=O)(=O)c1c(CC23CCC(c4nc(C5CC5)no4)(CC2)CC3)ccc(NC(=O)C23CC(C2)C3)c1F. The highest BCUT2D eigenvalue weighted by atomic mass is 32.2. The van der Waals surface area contributed by atoms with Gasteiger partial charge in [-0.2, -0.15) is 4.98 Å². The number of hydrogen-bond donors (Lipinski definition) is 1. The average molecular weight is 514 g/mol. The fourth-order valence-electron chi connectivity index (χ4n) is 7.46. The van der Waals surface area contributed by atoms with Crippen molar-refractivity contribution in [2.45, 2.75) is 93.3 Å². The Morgan fingerprint density at radius 1 is 1.11 bits per heavy atom. The first kappa shape index (κ1) is 22.9. The molecule has 0 radical (unpaired) electrons. The molecular formula is C27H32FN3O4S. The lowest BCUT2D eigenvalue weighted by molar-refractivity contribution is -0.158. The number of fused-ring (bicyclic) bond motifs is 3. The zero-order valence-electron chi connectivity index (χ0n) is 20.6. The Kier molecular flexibility index (Phi) is 4.70. The summed E-state index contributed by atoms with van der Waals surface area (Å²) in [5.41, 5.74) is -0.0252. The van der Waals surface area contributed by atoms with E-state index in [0.29, 0.717) is 23.8 Å². The van der Waals surface area contributed by atoms with Gasteiger partial charge in [0.1, 0.15) is 4.90 Å². The second kappa shape index (κ2) is 7.39. The van der Waals surface area contributed by atoms with Gasteiger partial charge in [-0.05, 0) is 100 Å². The quantitative estimate of drug-likeness (QED) is 0.555. The predicted octanol–water partition coefficient (Wildman–Crippen LogP) is 5.06. The van der Waals surface area contributed by atoms with Crippen molar-refractivity contribution in [3.8, 4) is 0 Å². The van der Waals surface area contributed by atoms with E-state index in [1.807, 2.05) is 0 Å². The number of carbonyl (C=O) groups excluding carboxylic acids is 1. The third kappa shape index (κ3) is 3.41. The van der Waals surface area contributed by atoms with E-state index in [4.69, 9.17) is 9.51 Å². The molecule has 7 saturated carbocycles. The molecule has 192 valence electrons. The third-order valence-corrected chi connectivity index (χ3v) is 11.3. The highest BCUT2D eigenvalue weighted by Gasteiger charge is 2.61. The minimum atomic E-state index is -3.83. The van der Waals surface area contributed by atoms with Crippen LogP contribution in [0, 0.1) is 22.6 Å². The van der Waals surface area contributed by atoms with Gasteiger partial charge in [0.2, 0.25) is 11.8 Å². The fourth-order valence-corrected chi connectivity index (χ4v) is 8.51. The summed E-state index contributed by atoms with van der Waals surface area (Å²) >= 11 is 0. The molecule has 7 nitrogen and oxygen atoms in total. The van der Waals surface area contributed by atoms with Gasteiger partial charge in [-0.25, -0.2) is 12.8 Å². The molecule has 0 unspecified atom stereocenters. The summed E-state index contributed by atoms with van der Waals surface area (Å²) in [6, 6.07) is 3.26. The number of halogens is 1. The number of nitrogens with zero attached hydrogens (tertiary/aromatic N) is 2. The van der Waals surface area contributed by atoms with Crippen LogP contribution in [-0.4, -0.2) is 30.7 Å². The van der Waals surface area contributed by atoms with Gasteiger partial charge in [0.25, 0.3) is 0 Å². The minimum Gasteiger partial charge on any atom is -0.339 e. The van der Waals surface area contributed by atoms with Crippen LogP contribution >= 0.6 is 0 Å². The molecule has 9 rings (SSSR count).